The van der Waals surface area contributed by atoms with Crippen LogP contribution in [0.25, 0.3) is 0 Å². The first-order valence-corrected chi connectivity index (χ1v) is 7.22. The molecule has 0 spiro atoms. The number of pyridine rings is 1. The average Bonchev–Trinajstić information content (AvgIpc) is 2.48. The predicted molar refractivity (Wildman–Crippen MR) is 82.1 cm³/mol. The van der Waals surface area contributed by atoms with Crippen LogP contribution in [0.2, 0.25) is 0 Å². The lowest BCUT2D eigenvalue weighted by Crippen LogP contribution is -2.23. The fourth-order valence-corrected chi connectivity index (χ4v) is 2.37. The molecule has 0 fully saturated rings. The van der Waals surface area contributed by atoms with Crippen LogP contribution >= 0.6 is 0 Å². The Labute approximate surface area is 125 Å². The highest BCUT2D eigenvalue weighted by Crippen LogP contribution is 2.27. The Bertz CT molecular complexity index is 601. The van der Waals surface area contributed by atoms with E-state index in [9.17, 15) is 4.39 Å². The summed E-state index contributed by atoms with van der Waals surface area (Å²) in [6.45, 7) is 7.32. The molecule has 21 heavy (non-hydrogen) atoms. The molecule has 0 aliphatic heterocycles. The third-order valence-electron chi connectivity index (χ3n) is 3.34. The second-order valence-corrected chi connectivity index (χ2v) is 4.88. The topological polar surface area (TPSA) is 34.2 Å². The minimum Gasteiger partial charge on any atom is -0.492 e. The molecular weight excluding hydrogens is 267 g/mol. The molecule has 0 amide bonds. The number of nitrogens with zero attached hydrogens (tertiary/aromatic N) is 1. The van der Waals surface area contributed by atoms with Gasteiger partial charge >= 0.3 is 0 Å². The molecule has 4 heteroatoms. The first kappa shape index (κ1) is 15.4. The van der Waals surface area contributed by atoms with E-state index < -0.39 is 0 Å². The summed E-state index contributed by atoms with van der Waals surface area (Å²) in [5.74, 6) is 0.499. The third-order valence-corrected chi connectivity index (χ3v) is 3.34. The van der Waals surface area contributed by atoms with Gasteiger partial charge < -0.3 is 10.1 Å². The summed E-state index contributed by atoms with van der Waals surface area (Å²) in [7, 11) is 0. The van der Waals surface area contributed by atoms with Crippen LogP contribution in [-0.2, 0) is 0 Å². The van der Waals surface area contributed by atoms with Gasteiger partial charge in [-0.15, -0.1) is 0 Å². The van der Waals surface area contributed by atoms with Crippen molar-refractivity contribution in [2.45, 2.75) is 26.8 Å². The number of rotatable bonds is 6. The maximum atomic E-state index is 13.6. The molecule has 0 bridgehead atoms. The fourth-order valence-electron chi connectivity index (χ4n) is 2.37. The lowest BCUT2D eigenvalue weighted by Gasteiger charge is -2.21. The number of ether oxygens (including phenoxy) is 1. The summed E-state index contributed by atoms with van der Waals surface area (Å²) >= 11 is 0. The largest absolute Gasteiger partial charge is 0.492 e. The maximum Gasteiger partial charge on any atom is 0.137 e. The molecule has 0 aliphatic rings. The van der Waals surface area contributed by atoms with Crippen molar-refractivity contribution >= 4 is 0 Å². The molecule has 2 rings (SSSR count). The van der Waals surface area contributed by atoms with Gasteiger partial charge in [-0.05, 0) is 55.3 Å². The van der Waals surface area contributed by atoms with Gasteiger partial charge in [0.25, 0.3) is 0 Å². The van der Waals surface area contributed by atoms with E-state index in [2.05, 4.69) is 10.3 Å². The van der Waals surface area contributed by atoms with E-state index in [1.165, 1.54) is 6.07 Å². The molecule has 1 N–H and O–H groups in total. The van der Waals surface area contributed by atoms with Gasteiger partial charge in [-0.2, -0.15) is 0 Å². The van der Waals surface area contributed by atoms with Crippen molar-refractivity contribution in [3.05, 3.63) is 59.2 Å². The highest BCUT2D eigenvalue weighted by atomic mass is 19.1. The molecule has 0 saturated heterocycles. The second-order valence-electron chi connectivity index (χ2n) is 4.88. The van der Waals surface area contributed by atoms with Gasteiger partial charge in [0.15, 0.2) is 0 Å². The highest BCUT2D eigenvalue weighted by Gasteiger charge is 2.17. The summed E-state index contributed by atoms with van der Waals surface area (Å²) in [6, 6.07) is 6.72. The summed E-state index contributed by atoms with van der Waals surface area (Å²) in [5, 5.41) is 3.39. The van der Waals surface area contributed by atoms with E-state index in [4.69, 9.17) is 4.74 Å². The number of nitrogens with one attached hydrogen (secondary N) is 1. The zero-order chi connectivity index (χ0) is 15.2. The Balaban J connectivity index is 2.42. The van der Waals surface area contributed by atoms with Gasteiger partial charge in [0.1, 0.15) is 11.6 Å². The fraction of sp³-hybridized carbons (Fsp3) is 0.353. The van der Waals surface area contributed by atoms with Crippen molar-refractivity contribution < 1.29 is 9.13 Å². The van der Waals surface area contributed by atoms with E-state index in [1.54, 1.807) is 24.5 Å². The van der Waals surface area contributed by atoms with Gasteiger partial charge in [-0.3, -0.25) is 4.98 Å². The SMILES string of the molecule is CCNC(c1cncc(OCC)c1)c1cc(F)ccc1C. The minimum absolute atomic E-state index is 0.0985. The van der Waals surface area contributed by atoms with Crippen LogP contribution in [0.5, 0.6) is 5.75 Å². The lowest BCUT2D eigenvalue weighted by atomic mass is 9.95. The zero-order valence-corrected chi connectivity index (χ0v) is 12.7. The first-order chi connectivity index (χ1) is 10.2. The monoisotopic (exact) mass is 288 g/mol. The Hall–Kier alpha value is -1.94. The number of aromatic nitrogens is 1. The summed E-state index contributed by atoms with van der Waals surface area (Å²) in [6.07, 6.45) is 3.48. The third kappa shape index (κ3) is 3.79. The van der Waals surface area contributed by atoms with Gasteiger partial charge in [0.2, 0.25) is 0 Å². The molecule has 3 nitrogen and oxygen atoms in total. The quantitative estimate of drug-likeness (QED) is 0.881. The molecule has 112 valence electrons. The van der Waals surface area contributed by atoms with Crippen molar-refractivity contribution in [2.75, 3.05) is 13.2 Å². The van der Waals surface area contributed by atoms with Crippen molar-refractivity contribution in [1.29, 1.82) is 0 Å². The molecule has 1 unspecified atom stereocenters. The molecule has 2 aromatic rings. The van der Waals surface area contributed by atoms with Crippen molar-refractivity contribution in [3.63, 3.8) is 0 Å². The van der Waals surface area contributed by atoms with Crippen molar-refractivity contribution in [1.82, 2.24) is 10.3 Å². The molecule has 1 aromatic heterocycles. The van der Waals surface area contributed by atoms with Gasteiger partial charge in [0, 0.05) is 6.20 Å². The highest BCUT2D eigenvalue weighted by molar-refractivity contribution is 5.38. The van der Waals surface area contributed by atoms with Gasteiger partial charge in [-0.1, -0.05) is 13.0 Å². The average molecular weight is 288 g/mol. The normalized spacial score (nSPS) is 12.2. The van der Waals surface area contributed by atoms with Crippen molar-refractivity contribution in [2.24, 2.45) is 0 Å². The van der Waals surface area contributed by atoms with Gasteiger partial charge in [0.05, 0.1) is 18.8 Å². The molecule has 1 atom stereocenters. The molecule has 0 aliphatic carbocycles. The summed E-state index contributed by atoms with van der Waals surface area (Å²) in [4.78, 5) is 4.23. The number of hydrogen-bond acceptors (Lipinski definition) is 3. The van der Waals surface area contributed by atoms with Crippen LogP contribution in [0.1, 0.15) is 36.6 Å². The van der Waals surface area contributed by atoms with Crippen molar-refractivity contribution in [3.8, 4) is 5.75 Å². The molecule has 1 heterocycles. The van der Waals surface area contributed by atoms with E-state index in [0.29, 0.717) is 6.61 Å². The first-order valence-electron chi connectivity index (χ1n) is 7.22. The van der Waals surface area contributed by atoms with E-state index in [-0.39, 0.29) is 11.9 Å². The summed E-state index contributed by atoms with van der Waals surface area (Å²) in [5.41, 5.74) is 2.94. The molecular formula is C17H21FN2O. The maximum absolute atomic E-state index is 13.6. The Kier molecular flexibility index (Phi) is 5.28. The number of benzene rings is 1. The number of halogens is 1. The van der Waals surface area contributed by atoms with E-state index >= 15 is 0 Å². The van der Waals surface area contributed by atoms with Crippen LogP contribution in [-0.4, -0.2) is 18.1 Å². The second kappa shape index (κ2) is 7.18. The Morgan fingerprint density at radius 2 is 2.05 bits per heavy atom. The summed E-state index contributed by atoms with van der Waals surface area (Å²) < 4.78 is 19.1. The number of aryl methyl sites for hydroxylation is 1. The van der Waals surface area contributed by atoms with Crippen LogP contribution < -0.4 is 10.1 Å². The molecule has 0 radical (unpaired) electrons. The minimum atomic E-state index is -0.229. The standard InChI is InChI=1S/C17H21FN2O/c1-4-20-17(16-9-14(18)7-6-12(16)3)13-8-15(21-5-2)11-19-10-13/h6-11,17,20H,4-5H2,1-3H3. The lowest BCUT2D eigenvalue weighted by molar-refractivity contribution is 0.338. The Morgan fingerprint density at radius 1 is 1.24 bits per heavy atom. The van der Waals surface area contributed by atoms with Gasteiger partial charge in [-0.25, -0.2) is 4.39 Å². The van der Waals surface area contributed by atoms with Crippen LogP contribution in [0.15, 0.2) is 36.7 Å². The molecule has 0 saturated carbocycles. The van der Waals surface area contributed by atoms with Crippen LogP contribution in [0.4, 0.5) is 4.39 Å². The van der Waals surface area contributed by atoms with E-state index in [0.717, 1.165) is 29.0 Å². The number of hydrogen-bond donors (Lipinski definition) is 1. The zero-order valence-electron chi connectivity index (χ0n) is 12.7. The van der Waals surface area contributed by atoms with E-state index in [1.807, 2.05) is 26.8 Å². The predicted octanol–water partition coefficient (Wildman–Crippen LogP) is 3.63. The molecule has 1 aromatic carbocycles. The Morgan fingerprint density at radius 3 is 2.76 bits per heavy atom. The van der Waals surface area contributed by atoms with Crippen LogP contribution in [0.3, 0.4) is 0 Å². The van der Waals surface area contributed by atoms with Crippen LogP contribution in [0, 0.1) is 12.7 Å². The smallest absolute Gasteiger partial charge is 0.137 e.